The van der Waals surface area contributed by atoms with E-state index in [4.69, 9.17) is 10.5 Å². The summed E-state index contributed by atoms with van der Waals surface area (Å²) >= 11 is 1.43. The molecule has 0 unspecified atom stereocenters. The van der Waals surface area contributed by atoms with Crippen molar-refractivity contribution < 1.29 is 9.53 Å². The zero-order valence-corrected chi connectivity index (χ0v) is 15.1. The molecule has 136 valence electrons. The molecular formula is C18H15N5O3S. The number of nitrogens with one attached hydrogen (secondary N) is 1. The van der Waals surface area contributed by atoms with Gasteiger partial charge in [0, 0.05) is 0 Å². The fraction of sp³-hybridized carbons (Fsp3) is 0.111. The Hall–Kier alpha value is -3.46. The molecule has 4 rings (SSSR count). The molecule has 0 atom stereocenters. The highest BCUT2D eigenvalue weighted by molar-refractivity contribution is 7.13. The predicted molar refractivity (Wildman–Crippen MR) is 102 cm³/mol. The highest BCUT2D eigenvalue weighted by atomic mass is 32.1. The third-order valence-electron chi connectivity index (χ3n) is 3.92. The van der Waals surface area contributed by atoms with Crippen LogP contribution in [-0.4, -0.2) is 32.0 Å². The average Bonchev–Trinajstić information content (AvgIpc) is 3.29. The second-order valence-corrected chi connectivity index (χ2v) is 6.55. The highest BCUT2D eigenvalue weighted by Crippen LogP contribution is 2.27. The number of amides is 1. The molecule has 3 heterocycles. The molecule has 0 saturated carbocycles. The van der Waals surface area contributed by atoms with E-state index >= 15 is 0 Å². The average molecular weight is 381 g/mol. The Kier molecular flexibility index (Phi) is 4.21. The van der Waals surface area contributed by atoms with Gasteiger partial charge in [0.2, 0.25) is 0 Å². The lowest BCUT2D eigenvalue weighted by atomic mass is 10.2. The van der Waals surface area contributed by atoms with Crippen molar-refractivity contribution in [3.05, 3.63) is 58.0 Å². The van der Waals surface area contributed by atoms with E-state index in [0.717, 1.165) is 4.88 Å². The summed E-state index contributed by atoms with van der Waals surface area (Å²) in [5.74, 6) is 0.111. The quantitative estimate of drug-likeness (QED) is 0.550. The first-order valence-corrected chi connectivity index (χ1v) is 9.06. The van der Waals surface area contributed by atoms with Gasteiger partial charge in [0.05, 0.1) is 17.2 Å². The van der Waals surface area contributed by atoms with Gasteiger partial charge in [-0.2, -0.15) is 0 Å². The van der Waals surface area contributed by atoms with E-state index < -0.39 is 11.6 Å². The van der Waals surface area contributed by atoms with Gasteiger partial charge in [-0.3, -0.25) is 4.79 Å². The van der Waals surface area contributed by atoms with E-state index in [1.54, 1.807) is 18.2 Å². The molecule has 0 bridgehead atoms. The molecule has 0 aliphatic heterocycles. The summed E-state index contributed by atoms with van der Waals surface area (Å²) in [6, 6.07) is 10.8. The van der Waals surface area contributed by atoms with Crippen molar-refractivity contribution in [2.45, 2.75) is 6.92 Å². The monoisotopic (exact) mass is 381 g/mol. The van der Waals surface area contributed by atoms with Crippen LogP contribution in [-0.2, 0) is 0 Å². The minimum absolute atomic E-state index is 0.0341. The third-order valence-corrected chi connectivity index (χ3v) is 4.78. The molecule has 0 saturated heterocycles. The molecule has 9 heteroatoms. The van der Waals surface area contributed by atoms with Crippen molar-refractivity contribution >= 4 is 28.4 Å². The van der Waals surface area contributed by atoms with Gasteiger partial charge in [0.25, 0.3) is 5.91 Å². The zero-order valence-electron chi connectivity index (χ0n) is 14.3. The van der Waals surface area contributed by atoms with Crippen LogP contribution in [0.2, 0.25) is 0 Å². The number of nitrogens with two attached hydrogens (primary N) is 1. The maximum Gasteiger partial charge on any atom is 0.332 e. The van der Waals surface area contributed by atoms with Gasteiger partial charge >= 0.3 is 5.69 Å². The second-order valence-electron chi connectivity index (χ2n) is 5.60. The molecular weight excluding hydrogens is 366 g/mol. The number of imidazole rings is 1. The first-order valence-electron chi connectivity index (χ1n) is 8.18. The van der Waals surface area contributed by atoms with Crippen LogP contribution in [0.5, 0.6) is 5.75 Å². The Morgan fingerprint density at radius 1 is 1.26 bits per heavy atom. The molecule has 0 aliphatic carbocycles. The van der Waals surface area contributed by atoms with E-state index in [0.29, 0.717) is 23.9 Å². The Bertz CT molecular complexity index is 1190. The Morgan fingerprint density at radius 2 is 2.07 bits per heavy atom. The summed E-state index contributed by atoms with van der Waals surface area (Å²) in [6.45, 7) is 2.30. The topological polar surface area (TPSA) is 116 Å². The van der Waals surface area contributed by atoms with Crippen LogP contribution in [0.3, 0.4) is 0 Å². The Labute approximate surface area is 157 Å². The van der Waals surface area contributed by atoms with Crippen LogP contribution in [0.4, 0.5) is 0 Å². The first-order chi connectivity index (χ1) is 13.1. The SMILES string of the molecule is CCOc1ccccc1-n1c(=O)[nH]c2c(C(N)=O)nc(-c3cccs3)nc21. The molecule has 0 spiro atoms. The van der Waals surface area contributed by atoms with E-state index in [2.05, 4.69) is 15.0 Å². The van der Waals surface area contributed by atoms with Crippen molar-refractivity contribution in [3.8, 4) is 22.1 Å². The fourth-order valence-corrected chi connectivity index (χ4v) is 3.48. The predicted octanol–water partition coefficient (Wildman–Crippen LogP) is 2.33. The molecule has 3 aromatic heterocycles. The highest BCUT2D eigenvalue weighted by Gasteiger charge is 2.21. The van der Waals surface area contributed by atoms with Gasteiger partial charge in [-0.1, -0.05) is 18.2 Å². The number of primary amides is 1. The molecule has 0 radical (unpaired) electrons. The summed E-state index contributed by atoms with van der Waals surface area (Å²) in [5, 5.41) is 1.88. The lowest BCUT2D eigenvalue weighted by Crippen LogP contribution is -2.16. The van der Waals surface area contributed by atoms with Crippen LogP contribution in [0, 0.1) is 0 Å². The number of fused-ring (bicyclic) bond motifs is 1. The molecule has 0 aliphatic rings. The summed E-state index contributed by atoms with van der Waals surface area (Å²) in [6.07, 6.45) is 0. The van der Waals surface area contributed by atoms with Gasteiger partial charge in [-0.15, -0.1) is 11.3 Å². The third kappa shape index (κ3) is 2.87. The van der Waals surface area contributed by atoms with E-state index in [1.165, 1.54) is 15.9 Å². The Balaban J connectivity index is 2.07. The smallest absolute Gasteiger partial charge is 0.332 e. The van der Waals surface area contributed by atoms with E-state index in [1.807, 2.05) is 30.5 Å². The van der Waals surface area contributed by atoms with E-state index in [-0.39, 0.29) is 16.9 Å². The number of aromatic amines is 1. The fourth-order valence-electron chi connectivity index (χ4n) is 2.82. The van der Waals surface area contributed by atoms with Gasteiger partial charge < -0.3 is 15.5 Å². The van der Waals surface area contributed by atoms with Crippen molar-refractivity contribution in [3.63, 3.8) is 0 Å². The summed E-state index contributed by atoms with van der Waals surface area (Å²) in [7, 11) is 0. The van der Waals surface area contributed by atoms with E-state index in [9.17, 15) is 9.59 Å². The number of aromatic nitrogens is 4. The lowest BCUT2D eigenvalue weighted by molar-refractivity contribution is 0.0997. The normalized spacial score (nSPS) is 11.0. The molecule has 8 nitrogen and oxygen atoms in total. The van der Waals surface area contributed by atoms with Crippen LogP contribution < -0.4 is 16.2 Å². The molecule has 27 heavy (non-hydrogen) atoms. The van der Waals surface area contributed by atoms with Gasteiger partial charge in [0.15, 0.2) is 17.2 Å². The molecule has 1 amide bonds. The standard InChI is InChI=1S/C18H15N5O3S/c1-2-26-11-7-4-3-6-10(11)23-17-14(21-18(23)25)13(15(19)24)20-16(22-17)12-8-5-9-27-12/h3-9H,2H2,1H3,(H2,19,24)(H,21,25). The van der Waals surface area contributed by atoms with Gasteiger partial charge in [-0.25, -0.2) is 19.3 Å². The number of thiophene rings is 1. The number of benzene rings is 1. The van der Waals surface area contributed by atoms with Crippen LogP contribution >= 0.6 is 11.3 Å². The van der Waals surface area contributed by atoms with Gasteiger partial charge in [-0.05, 0) is 30.5 Å². The van der Waals surface area contributed by atoms with Crippen LogP contribution in [0.1, 0.15) is 17.4 Å². The number of hydrogen-bond donors (Lipinski definition) is 2. The molecule has 0 fully saturated rings. The van der Waals surface area contributed by atoms with Crippen LogP contribution in [0.15, 0.2) is 46.6 Å². The second kappa shape index (κ2) is 6.69. The maximum absolute atomic E-state index is 12.7. The summed E-state index contributed by atoms with van der Waals surface area (Å²) in [4.78, 5) is 36.8. The van der Waals surface area contributed by atoms with Crippen molar-refractivity contribution in [2.24, 2.45) is 5.73 Å². The number of rotatable bonds is 5. The number of hydrogen-bond acceptors (Lipinski definition) is 6. The van der Waals surface area contributed by atoms with Crippen LogP contribution in [0.25, 0.3) is 27.6 Å². The number of para-hydroxylation sites is 2. The van der Waals surface area contributed by atoms with Crippen molar-refractivity contribution in [1.29, 1.82) is 0 Å². The molecule has 4 aromatic rings. The van der Waals surface area contributed by atoms with Crippen molar-refractivity contribution in [1.82, 2.24) is 19.5 Å². The van der Waals surface area contributed by atoms with Crippen molar-refractivity contribution in [2.75, 3.05) is 6.61 Å². The Morgan fingerprint density at radius 3 is 2.78 bits per heavy atom. The minimum Gasteiger partial charge on any atom is -0.492 e. The zero-order chi connectivity index (χ0) is 19.0. The lowest BCUT2D eigenvalue weighted by Gasteiger charge is -2.10. The first kappa shape index (κ1) is 17.0. The number of H-pyrrole nitrogens is 1. The summed E-state index contributed by atoms with van der Waals surface area (Å²) in [5.41, 5.74) is 5.97. The summed E-state index contributed by atoms with van der Waals surface area (Å²) < 4.78 is 7.00. The number of carbonyl (C=O) groups excluding carboxylic acids is 1. The maximum atomic E-state index is 12.7. The minimum atomic E-state index is -0.744. The number of nitrogens with zero attached hydrogens (tertiary/aromatic N) is 3. The molecule has 1 aromatic carbocycles. The molecule has 3 N–H and O–H groups in total. The number of ether oxygens (including phenoxy) is 1. The number of carbonyl (C=O) groups is 1. The van der Waals surface area contributed by atoms with Gasteiger partial charge in [0.1, 0.15) is 11.3 Å². The largest absolute Gasteiger partial charge is 0.492 e.